The zero-order valence-corrected chi connectivity index (χ0v) is 14.4. The molecule has 2 rings (SSSR count). The Morgan fingerprint density at radius 1 is 1.33 bits per heavy atom. The van der Waals surface area contributed by atoms with Crippen molar-refractivity contribution in [1.29, 1.82) is 0 Å². The molecular formula is C17H22N6O. The Morgan fingerprint density at radius 2 is 2.00 bits per heavy atom. The van der Waals surface area contributed by atoms with Gasteiger partial charge in [-0.2, -0.15) is 5.10 Å². The van der Waals surface area contributed by atoms with Crippen LogP contribution in [0.1, 0.15) is 35.6 Å². The maximum Gasteiger partial charge on any atom is 0.167 e. The predicted molar refractivity (Wildman–Crippen MR) is 95.2 cm³/mol. The van der Waals surface area contributed by atoms with Crippen LogP contribution in [0.15, 0.2) is 36.8 Å². The van der Waals surface area contributed by atoms with Gasteiger partial charge in [-0.25, -0.2) is 14.6 Å². The zero-order chi connectivity index (χ0) is 17.7. The average molecular weight is 326 g/mol. The van der Waals surface area contributed by atoms with Crippen molar-refractivity contribution < 1.29 is 4.79 Å². The number of Topliss-reactive ketones (excluding diaryl/α,β-unsaturated/α-hetero) is 1. The van der Waals surface area contributed by atoms with Crippen LogP contribution in [0, 0.1) is 6.92 Å². The summed E-state index contributed by atoms with van der Waals surface area (Å²) in [7, 11) is 1.74. The van der Waals surface area contributed by atoms with Gasteiger partial charge in [-0.05, 0) is 26.8 Å². The van der Waals surface area contributed by atoms with Gasteiger partial charge in [-0.3, -0.25) is 4.79 Å². The quantitative estimate of drug-likeness (QED) is 0.601. The van der Waals surface area contributed by atoms with Gasteiger partial charge in [-0.1, -0.05) is 12.7 Å². The van der Waals surface area contributed by atoms with E-state index in [0.717, 1.165) is 11.3 Å². The predicted octanol–water partition coefficient (Wildman–Crippen LogP) is 2.78. The minimum Gasteiger partial charge on any atom is -0.371 e. The van der Waals surface area contributed by atoms with Crippen molar-refractivity contribution in [1.82, 2.24) is 19.7 Å². The molecule has 0 fully saturated rings. The number of carbonyl (C=O) groups is 1. The molecule has 126 valence electrons. The minimum atomic E-state index is -0.0698. The van der Waals surface area contributed by atoms with Gasteiger partial charge >= 0.3 is 0 Å². The lowest BCUT2D eigenvalue weighted by molar-refractivity contribution is 0.101. The summed E-state index contributed by atoms with van der Waals surface area (Å²) in [4.78, 5) is 20.5. The van der Waals surface area contributed by atoms with E-state index < -0.39 is 0 Å². The van der Waals surface area contributed by atoms with Crippen molar-refractivity contribution in [2.75, 3.05) is 17.7 Å². The fraction of sp³-hybridized carbons (Fsp3) is 0.294. The lowest BCUT2D eigenvalue weighted by atomic mass is 10.2. The Kier molecular flexibility index (Phi) is 5.47. The van der Waals surface area contributed by atoms with E-state index in [4.69, 9.17) is 0 Å². The zero-order valence-electron chi connectivity index (χ0n) is 14.4. The van der Waals surface area contributed by atoms with Crippen molar-refractivity contribution in [2.24, 2.45) is 0 Å². The number of hydrogen-bond donors (Lipinski definition) is 2. The molecule has 0 amide bonds. The van der Waals surface area contributed by atoms with Crippen molar-refractivity contribution in [3.8, 4) is 0 Å². The summed E-state index contributed by atoms with van der Waals surface area (Å²) >= 11 is 0. The van der Waals surface area contributed by atoms with Gasteiger partial charge < -0.3 is 10.6 Å². The van der Waals surface area contributed by atoms with Crippen LogP contribution in [-0.2, 0) is 6.54 Å². The van der Waals surface area contributed by atoms with Gasteiger partial charge in [0.1, 0.15) is 17.2 Å². The first-order valence-electron chi connectivity index (χ1n) is 7.59. The van der Waals surface area contributed by atoms with Crippen molar-refractivity contribution in [3.63, 3.8) is 0 Å². The third kappa shape index (κ3) is 3.87. The molecule has 0 aliphatic heterocycles. The van der Waals surface area contributed by atoms with E-state index in [1.165, 1.54) is 6.92 Å². The molecule has 0 aliphatic carbocycles. The third-order valence-corrected chi connectivity index (χ3v) is 3.39. The van der Waals surface area contributed by atoms with Crippen LogP contribution in [0.25, 0.3) is 0 Å². The summed E-state index contributed by atoms with van der Waals surface area (Å²) in [6, 6.07) is 0. The first-order chi connectivity index (χ1) is 11.5. The number of rotatable bonds is 7. The molecule has 7 nitrogen and oxygen atoms in total. The molecule has 0 bridgehead atoms. The highest BCUT2D eigenvalue weighted by Crippen LogP contribution is 2.26. The number of carbonyl (C=O) groups excluding carboxylic acids is 1. The van der Waals surface area contributed by atoms with E-state index in [1.54, 1.807) is 30.2 Å². The Bertz CT molecular complexity index is 773. The first-order valence-corrected chi connectivity index (χ1v) is 7.59. The summed E-state index contributed by atoms with van der Waals surface area (Å²) in [6.07, 6.45) is 7.03. The Labute approximate surface area is 141 Å². The van der Waals surface area contributed by atoms with E-state index in [1.807, 2.05) is 19.9 Å². The molecule has 7 heteroatoms. The van der Waals surface area contributed by atoms with E-state index in [2.05, 4.69) is 32.3 Å². The lowest BCUT2D eigenvalue weighted by Gasteiger charge is -2.11. The summed E-state index contributed by atoms with van der Waals surface area (Å²) < 4.78 is 1.73. The third-order valence-electron chi connectivity index (χ3n) is 3.39. The molecule has 2 N–H and O–H groups in total. The van der Waals surface area contributed by atoms with Crippen LogP contribution >= 0.6 is 0 Å². The Balaban J connectivity index is 2.48. The lowest BCUT2D eigenvalue weighted by Crippen LogP contribution is -2.10. The van der Waals surface area contributed by atoms with Gasteiger partial charge in [0, 0.05) is 30.7 Å². The second-order valence-electron chi connectivity index (χ2n) is 5.38. The summed E-state index contributed by atoms with van der Waals surface area (Å²) in [6.45, 7) is 9.39. The van der Waals surface area contributed by atoms with Crippen molar-refractivity contribution in [2.45, 2.75) is 27.3 Å². The molecule has 0 spiro atoms. The molecule has 2 aromatic heterocycles. The summed E-state index contributed by atoms with van der Waals surface area (Å²) in [5, 5.41) is 10.7. The number of hydrogen-bond acceptors (Lipinski definition) is 6. The molecule has 2 heterocycles. The van der Waals surface area contributed by atoms with Gasteiger partial charge in [-0.15, -0.1) is 0 Å². The average Bonchev–Trinajstić information content (AvgIpc) is 2.87. The second-order valence-corrected chi connectivity index (χ2v) is 5.38. The number of aromatic nitrogens is 4. The molecule has 0 saturated carbocycles. The highest BCUT2D eigenvalue weighted by atomic mass is 16.1. The van der Waals surface area contributed by atoms with Crippen LogP contribution in [0.3, 0.4) is 0 Å². The van der Waals surface area contributed by atoms with E-state index in [-0.39, 0.29) is 5.78 Å². The maximum atomic E-state index is 12.1. The second kappa shape index (κ2) is 7.54. The number of nitrogens with zero attached hydrogens (tertiary/aromatic N) is 4. The number of allylic oxidation sites excluding steroid dienone is 3. The normalized spacial score (nSPS) is 11.2. The molecule has 0 atom stereocenters. The van der Waals surface area contributed by atoms with Crippen LogP contribution in [0.5, 0.6) is 0 Å². The number of anilines is 2. The fourth-order valence-electron chi connectivity index (χ4n) is 2.29. The molecular weight excluding hydrogens is 304 g/mol. The van der Waals surface area contributed by atoms with Crippen LogP contribution in [0.4, 0.5) is 11.6 Å². The monoisotopic (exact) mass is 326 g/mol. The summed E-state index contributed by atoms with van der Waals surface area (Å²) in [5.41, 5.74) is 2.27. The van der Waals surface area contributed by atoms with E-state index in [9.17, 15) is 4.79 Å². The molecule has 0 aromatic carbocycles. The summed E-state index contributed by atoms with van der Waals surface area (Å²) in [5.74, 6) is 1.80. The smallest absolute Gasteiger partial charge is 0.167 e. The number of aryl methyl sites for hydroxylation is 1. The molecule has 0 radical (unpaired) electrons. The Hall–Kier alpha value is -2.96. The molecule has 2 aromatic rings. The van der Waals surface area contributed by atoms with Gasteiger partial charge in [0.2, 0.25) is 0 Å². The molecule has 0 aliphatic rings. The van der Waals surface area contributed by atoms with E-state index >= 15 is 0 Å². The highest BCUT2D eigenvalue weighted by molar-refractivity contribution is 6.03. The van der Waals surface area contributed by atoms with Crippen LogP contribution in [-0.4, -0.2) is 32.6 Å². The van der Waals surface area contributed by atoms with Gasteiger partial charge in [0.15, 0.2) is 11.6 Å². The Morgan fingerprint density at radius 3 is 2.54 bits per heavy atom. The SMILES string of the molecule is C=C/C=C(\C)Nc1c(C(C)=O)c(NC)nn1Cc1cnc(C)nc1. The van der Waals surface area contributed by atoms with Crippen LogP contribution < -0.4 is 10.6 Å². The first kappa shape index (κ1) is 17.4. The topological polar surface area (TPSA) is 84.7 Å². The number of ketones is 1. The van der Waals surface area contributed by atoms with Crippen molar-refractivity contribution >= 4 is 17.4 Å². The van der Waals surface area contributed by atoms with Gasteiger partial charge in [0.05, 0.1) is 6.54 Å². The fourth-order valence-corrected chi connectivity index (χ4v) is 2.29. The van der Waals surface area contributed by atoms with Crippen LogP contribution in [0.2, 0.25) is 0 Å². The number of nitrogens with one attached hydrogen (secondary N) is 2. The largest absolute Gasteiger partial charge is 0.371 e. The van der Waals surface area contributed by atoms with E-state index in [0.29, 0.717) is 29.6 Å². The van der Waals surface area contributed by atoms with Crippen molar-refractivity contribution in [3.05, 3.63) is 53.8 Å². The maximum absolute atomic E-state index is 12.1. The highest BCUT2D eigenvalue weighted by Gasteiger charge is 2.21. The minimum absolute atomic E-state index is 0.0698. The standard InChI is InChI=1S/C17H22N6O/c1-6-7-11(2)21-17-15(12(3)24)16(18-5)22-23(17)10-14-8-19-13(4)20-9-14/h6-9,21H,1,10H2,2-5H3,(H,18,22)/b11-7+. The molecule has 0 unspecified atom stereocenters. The molecule has 0 saturated heterocycles. The molecule has 24 heavy (non-hydrogen) atoms. The van der Waals surface area contributed by atoms with Gasteiger partial charge in [0.25, 0.3) is 0 Å².